The number of carbonyl (C=O) groups excluding carboxylic acids is 2. The van der Waals surface area contributed by atoms with Gasteiger partial charge in [-0.3, -0.25) is 9.59 Å². The van der Waals surface area contributed by atoms with Crippen LogP contribution < -0.4 is 0 Å². The van der Waals surface area contributed by atoms with Crippen LogP contribution in [0.15, 0.2) is 0 Å². The number of hydrogen-bond acceptors (Lipinski definition) is 4. The monoisotopic (exact) mass is 335 g/mol. The predicted molar refractivity (Wildman–Crippen MR) is 88.3 cm³/mol. The van der Waals surface area contributed by atoms with Crippen LogP contribution in [0.4, 0.5) is 0 Å². The zero-order valence-corrected chi connectivity index (χ0v) is 14.5. The largest absolute Gasteiger partial charge is 0.458 e. The van der Waals surface area contributed by atoms with E-state index in [1.165, 1.54) is 25.7 Å². The van der Waals surface area contributed by atoms with Gasteiger partial charge in [0.15, 0.2) is 0 Å². The summed E-state index contributed by atoms with van der Waals surface area (Å²) in [4.78, 5) is 27.1. The second kappa shape index (κ2) is 6.66. The van der Waals surface area contributed by atoms with Crippen LogP contribution in [0.2, 0.25) is 0 Å². The molecule has 0 spiro atoms. The number of nitrogens with zero attached hydrogens (tertiary/aromatic N) is 1. The Hall–Kier alpha value is -1.10. The molecule has 4 fully saturated rings. The molecule has 0 unspecified atom stereocenters. The molecule has 5 nitrogen and oxygen atoms in total. The van der Waals surface area contributed by atoms with Crippen molar-refractivity contribution in [1.82, 2.24) is 4.90 Å². The van der Waals surface area contributed by atoms with E-state index in [1.54, 1.807) is 0 Å². The lowest BCUT2D eigenvalue weighted by Gasteiger charge is -2.27. The minimum atomic E-state index is -0.271. The predicted octanol–water partition coefficient (Wildman–Crippen LogP) is 2.67. The fraction of sp³-hybridized carbons (Fsp3) is 0.895. The summed E-state index contributed by atoms with van der Waals surface area (Å²) in [6, 6.07) is 0.343. The first-order valence-electron chi connectivity index (χ1n) is 9.78. The second-order valence-corrected chi connectivity index (χ2v) is 8.14. The Labute approximate surface area is 144 Å². The highest BCUT2D eigenvalue weighted by molar-refractivity contribution is 5.87. The zero-order chi connectivity index (χ0) is 16.6. The van der Waals surface area contributed by atoms with Gasteiger partial charge in [0.2, 0.25) is 5.91 Å². The van der Waals surface area contributed by atoms with Gasteiger partial charge < -0.3 is 14.4 Å². The summed E-state index contributed by atoms with van der Waals surface area (Å²) in [6.07, 6.45) is 10.4. The summed E-state index contributed by atoms with van der Waals surface area (Å²) in [5.74, 6) is 0.0961. The standard InChI is InChI=1S/C19H29NO4/c21-17-11-14(12-20(17)16-5-3-1-2-4-6-16)18(22)24-19(8-9-19)15-7-10-23-13-15/h14-16H,1-13H2/t14-,15-/m1/s1. The molecule has 5 heteroatoms. The third kappa shape index (κ3) is 3.19. The molecule has 4 rings (SSSR count). The third-order valence-corrected chi connectivity index (χ3v) is 6.48. The van der Waals surface area contributed by atoms with Gasteiger partial charge in [0, 0.05) is 31.5 Å². The molecule has 0 N–H and O–H groups in total. The minimum Gasteiger partial charge on any atom is -0.458 e. The summed E-state index contributed by atoms with van der Waals surface area (Å²) < 4.78 is 11.4. The molecule has 0 aromatic carbocycles. The maximum absolute atomic E-state index is 12.7. The van der Waals surface area contributed by atoms with E-state index in [1.807, 2.05) is 4.90 Å². The number of amides is 1. The van der Waals surface area contributed by atoms with E-state index in [0.29, 0.717) is 31.5 Å². The van der Waals surface area contributed by atoms with Crippen LogP contribution in [-0.4, -0.2) is 48.2 Å². The number of rotatable bonds is 4. The maximum Gasteiger partial charge on any atom is 0.311 e. The van der Waals surface area contributed by atoms with E-state index in [0.717, 1.165) is 38.7 Å². The SMILES string of the molecule is O=C(OC1([C@@H]2CCOC2)CC1)[C@@H]1CC(=O)N(C2CCCCCC2)C1. The van der Waals surface area contributed by atoms with Crippen molar-refractivity contribution in [2.45, 2.75) is 75.9 Å². The van der Waals surface area contributed by atoms with Crippen molar-refractivity contribution in [3.8, 4) is 0 Å². The molecule has 4 aliphatic rings. The summed E-state index contributed by atoms with van der Waals surface area (Å²) in [7, 11) is 0. The highest BCUT2D eigenvalue weighted by Crippen LogP contribution is 2.49. The topological polar surface area (TPSA) is 55.8 Å². The van der Waals surface area contributed by atoms with Gasteiger partial charge in [0.1, 0.15) is 5.60 Å². The lowest BCUT2D eigenvalue weighted by Crippen LogP contribution is -2.37. The average molecular weight is 335 g/mol. The van der Waals surface area contributed by atoms with Gasteiger partial charge in [-0.25, -0.2) is 0 Å². The van der Waals surface area contributed by atoms with Crippen molar-refractivity contribution >= 4 is 11.9 Å². The summed E-state index contributed by atoms with van der Waals surface area (Å²) in [5.41, 5.74) is -0.271. The van der Waals surface area contributed by atoms with Crippen LogP contribution in [0.5, 0.6) is 0 Å². The summed E-state index contributed by atoms with van der Waals surface area (Å²) >= 11 is 0. The van der Waals surface area contributed by atoms with Crippen LogP contribution in [0.1, 0.15) is 64.2 Å². The molecule has 2 saturated heterocycles. The molecule has 0 aromatic rings. The van der Waals surface area contributed by atoms with E-state index in [4.69, 9.17) is 9.47 Å². The molecule has 2 saturated carbocycles. The highest BCUT2D eigenvalue weighted by atomic mass is 16.6. The average Bonchev–Trinajstić information content (AvgIpc) is 3.05. The Morgan fingerprint density at radius 1 is 1.12 bits per heavy atom. The number of likely N-dealkylation sites (tertiary alicyclic amines) is 1. The van der Waals surface area contributed by atoms with Crippen LogP contribution in [0.3, 0.4) is 0 Å². The van der Waals surface area contributed by atoms with Crippen molar-refractivity contribution in [1.29, 1.82) is 0 Å². The van der Waals surface area contributed by atoms with Gasteiger partial charge in [-0.2, -0.15) is 0 Å². The van der Waals surface area contributed by atoms with Gasteiger partial charge in [0.05, 0.1) is 12.5 Å². The smallest absolute Gasteiger partial charge is 0.311 e. The number of carbonyl (C=O) groups is 2. The van der Waals surface area contributed by atoms with Crippen LogP contribution in [-0.2, 0) is 19.1 Å². The van der Waals surface area contributed by atoms with Crippen molar-refractivity contribution in [3.05, 3.63) is 0 Å². The first-order valence-corrected chi connectivity index (χ1v) is 9.78. The molecule has 24 heavy (non-hydrogen) atoms. The molecule has 1 amide bonds. The molecule has 2 aliphatic heterocycles. The number of ether oxygens (including phenoxy) is 2. The zero-order valence-electron chi connectivity index (χ0n) is 14.5. The quantitative estimate of drug-likeness (QED) is 0.585. The molecule has 2 atom stereocenters. The van der Waals surface area contributed by atoms with Crippen molar-refractivity contribution < 1.29 is 19.1 Å². The number of hydrogen-bond donors (Lipinski definition) is 0. The lowest BCUT2D eigenvalue weighted by molar-refractivity contribution is -0.159. The lowest BCUT2D eigenvalue weighted by atomic mass is 9.99. The Kier molecular flexibility index (Phi) is 4.54. The first kappa shape index (κ1) is 16.4. The van der Waals surface area contributed by atoms with E-state index < -0.39 is 0 Å². The molecule has 0 aromatic heterocycles. The molecule has 0 radical (unpaired) electrons. The summed E-state index contributed by atoms with van der Waals surface area (Å²) in [6.45, 7) is 2.06. The summed E-state index contributed by atoms with van der Waals surface area (Å²) in [5, 5.41) is 0. The van der Waals surface area contributed by atoms with Crippen LogP contribution in [0, 0.1) is 11.8 Å². The normalized spacial score (nSPS) is 33.5. The van der Waals surface area contributed by atoms with E-state index in [2.05, 4.69) is 0 Å². The van der Waals surface area contributed by atoms with Crippen LogP contribution in [0.25, 0.3) is 0 Å². The van der Waals surface area contributed by atoms with E-state index >= 15 is 0 Å². The molecular formula is C19H29NO4. The molecule has 0 bridgehead atoms. The van der Waals surface area contributed by atoms with Gasteiger partial charge in [-0.1, -0.05) is 25.7 Å². The Morgan fingerprint density at radius 2 is 1.88 bits per heavy atom. The number of esters is 1. The highest BCUT2D eigenvalue weighted by Gasteiger charge is 2.55. The molecular weight excluding hydrogens is 306 g/mol. The second-order valence-electron chi connectivity index (χ2n) is 8.14. The van der Waals surface area contributed by atoms with Gasteiger partial charge >= 0.3 is 5.97 Å². The Bertz CT molecular complexity index is 488. The van der Waals surface area contributed by atoms with Gasteiger partial charge in [0.25, 0.3) is 0 Å². The van der Waals surface area contributed by atoms with Crippen LogP contribution >= 0.6 is 0 Å². The molecule has 2 heterocycles. The Morgan fingerprint density at radius 3 is 2.50 bits per heavy atom. The first-order chi connectivity index (χ1) is 11.7. The molecule has 134 valence electrons. The van der Waals surface area contributed by atoms with Crippen molar-refractivity contribution in [2.24, 2.45) is 11.8 Å². The van der Waals surface area contributed by atoms with Gasteiger partial charge in [-0.05, 0) is 32.1 Å². The van der Waals surface area contributed by atoms with Crippen molar-refractivity contribution in [3.63, 3.8) is 0 Å². The van der Waals surface area contributed by atoms with Crippen molar-refractivity contribution in [2.75, 3.05) is 19.8 Å². The van der Waals surface area contributed by atoms with E-state index in [9.17, 15) is 9.59 Å². The Balaban J connectivity index is 1.35. The fourth-order valence-corrected chi connectivity index (χ4v) is 4.76. The fourth-order valence-electron chi connectivity index (χ4n) is 4.76. The minimum absolute atomic E-state index is 0.149. The maximum atomic E-state index is 12.7. The molecule has 2 aliphatic carbocycles. The van der Waals surface area contributed by atoms with Gasteiger partial charge in [-0.15, -0.1) is 0 Å². The van der Waals surface area contributed by atoms with E-state index in [-0.39, 0.29) is 23.4 Å². The third-order valence-electron chi connectivity index (χ3n) is 6.48.